The van der Waals surface area contributed by atoms with Gasteiger partial charge in [-0.15, -0.1) is 0 Å². The number of nitrogens with zero attached hydrogens (tertiary/aromatic N) is 1. The quantitative estimate of drug-likeness (QED) is 0.759. The van der Waals surface area contributed by atoms with Crippen LogP contribution < -0.4 is 5.32 Å². The van der Waals surface area contributed by atoms with Gasteiger partial charge in [-0.1, -0.05) is 45.9 Å². The maximum Gasteiger partial charge on any atom is 0.157 e. The highest BCUT2D eigenvalue weighted by Crippen LogP contribution is 2.63. The van der Waals surface area contributed by atoms with Gasteiger partial charge in [-0.3, -0.25) is 4.99 Å². The Hall–Kier alpha value is -0.180. The van der Waals surface area contributed by atoms with E-state index in [0.717, 1.165) is 6.54 Å². The van der Waals surface area contributed by atoms with E-state index in [-0.39, 0.29) is 0 Å². The molecule has 90 valence electrons. The second kappa shape index (κ2) is 2.98. The molecule has 2 fully saturated rings. The van der Waals surface area contributed by atoms with Crippen LogP contribution in [0.15, 0.2) is 4.99 Å². The van der Waals surface area contributed by atoms with Crippen LogP contribution in [-0.4, -0.2) is 22.5 Å². The van der Waals surface area contributed by atoms with Crippen molar-refractivity contribution in [3.05, 3.63) is 0 Å². The highest BCUT2D eigenvalue weighted by molar-refractivity contribution is 8.15. The summed E-state index contributed by atoms with van der Waals surface area (Å²) in [5.74, 6) is 0. The number of rotatable bonds is 1. The second-order valence-electron chi connectivity index (χ2n) is 6.78. The minimum atomic E-state index is 0.408. The SMILES string of the molecule is CC1(C)C(NC2=NCC3(CCC3)S2)C1(C)C. The second-order valence-corrected chi connectivity index (χ2v) is 8.24. The zero-order valence-corrected chi connectivity index (χ0v) is 11.6. The van der Waals surface area contributed by atoms with E-state index in [4.69, 9.17) is 4.99 Å². The van der Waals surface area contributed by atoms with Gasteiger partial charge in [0, 0.05) is 10.8 Å². The summed E-state index contributed by atoms with van der Waals surface area (Å²) in [6.45, 7) is 10.5. The summed E-state index contributed by atoms with van der Waals surface area (Å²) in [5, 5.41) is 4.88. The Bertz CT molecular complexity index is 339. The molecule has 0 radical (unpaired) electrons. The normalized spacial score (nSPS) is 33.4. The summed E-state index contributed by atoms with van der Waals surface area (Å²) in [6, 6.07) is 0.599. The van der Waals surface area contributed by atoms with Gasteiger partial charge in [-0.2, -0.15) is 0 Å². The van der Waals surface area contributed by atoms with Gasteiger partial charge in [0.1, 0.15) is 0 Å². The zero-order chi connectivity index (χ0) is 11.6. The van der Waals surface area contributed by atoms with E-state index < -0.39 is 0 Å². The molecule has 0 saturated heterocycles. The molecule has 2 nitrogen and oxygen atoms in total. The minimum Gasteiger partial charge on any atom is -0.361 e. The summed E-state index contributed by atoms with van der Waals surface area (Å²) in [6.07, 6.45) is 4.13. The van der Waals surface area contributed by atoms with Crippen LogP contribution in [0.1, 0.15) is 47.0 Å². The van der Waals surface area contributed by atoms with Gasteiger partial charge < -0.3 is 5.32 Å². The molecule has 0 aromatic rings. The monoisotopic (exact) mass is 238 g/mol. The fourth-order valence-corrected chi connectivity index (χ4v) is 4.41. The molecular weight excluding hydrogens is 216 g/mol. The molecule has 3 rings (SSSR count). The molecule has 1 N–H and O–H groups in total. The molecule has 3 heteroatoms. The lowest BCUT2D eigenvalue weighted by molar-refractivity contribution is 0.378. The Morgan fingerprint density at radius 1 is 1.19 bits per heavy atom. The zero-order valence-electron chi connectivity index (χ0n) is 10.8. The predicted octanol–water partition coefficient (Wildman–Crippen LogP) is 3.04. The third-order valence-electron chi connectivity index (χ3n) is 5.38. The van der Waals surface area contributed by atoms with E-state index in [9.17, 15) is 0 Å². The van der Waals surface area contributed by atoms with E-state index in [0.29, 0.717) is 21.6 Å². The molecule has 1 aliphatic heterocycles. The number of hydrogen-bond donors (Lipinski definition) is 1. The highest BCUT2D eigenvalue weighted by atomic mass is 32.2. The summed E-state index contributed by atoms with van der Waals surface area (Å²) >= 11 is 2.01. The van der Waals surface area contributed by atoms with Crippen molar-refractivity contribution in [3.8, 4) is 0 Å². The average Bonchev–Trinajstić information content (AvgIpc) is 2.56. The number of amidine groups is 1. The van der Waals surface area contributed by atoms with Gasteiger partial charge in [0.25, 0.3) is 0 Å². The van der Waals surface area contributed by atoms with Crippen LogP contribution in [-0.2, 0) is 0 Å². The molecule has 0 amide bonds. The van der Waals surface area contributed by atoms with E-state index in [1.54, 1.807) is 0 Å². The summed E-state index contributed by atoms with van der Waals surface area (Å²) < 4.78 is 0.505. The van der Waals surface area contributed by atoms with Crippen LogP contribution >= 0.6 is 11.8 Å². The molecule has 0 atom stereocenters. The Kier molecular flexibility index (Phi) is 2.04. The van der Waals surface area contributed by atoms with Gasteiger partial charge in [-0.05, 0) is 23.7 Å². The Morgan fingerprint density at radius 2 is 1.81 bits per heavy atom. The van der Waals surface area contributed by atoms with E-state index >= 15 is 0 Å². The van der Waals surface area contributed by atoms with Crippen LogP contribution in [0, 0.1) is 10.8 Å². The third kappa shape index (κ3) is 1.30. The van der Waals surface area contributed by atoms with Gasteiger partial charge in [0.2, 0.25) is 0 Å². The van der Waals surface area contributed by atoms with Crippen molar-refractivity contribution in [2.45, 2.75) is 57.7 Å². The number of thioether (sulfide) groups is 1. The Morgan fingerprint density at radius 3 is 2.19 bits per heavy atom. The van der Waals surface area contributed by atoms with Crippen molar-refractivity contribution >= 4 is 16.9 Å². The summed E-state index contributed by atoms with van der Waals surface area (Å²) in [5.41, 5.74) is 0.816. The van der Waals surface area contributed by atoms with Crippen LogP contribution in [0.5, 0.6) is 0 Å². The lowest BCUT2D eigenvalue weighted by atomic mass is 9.84. The molecule has 1 heterocycles. The molecule has 0 aromatic carbocycles. The van der Waals surface area contributed by atoms with E-state index in [1.165, 1.54) is 24.4 Å². The fraction of sp³-hybridized carbons (Fsp3) is 0.923. The van der Waals surface area contributed by atoms with E-state index in [1.807, 2.05) is 11.8 Å². The summed E-state index contributed by atoms with van der Waals surface area (Å²) in [7, 11) is 0. The van der Waals surface area contributed by atoms with Crippen molar-refractivity contribution in [3.63, 3.8) is 0 Å². The first-order chi connectivity index (χ1) is 7.37. The van der Waals surface area contributed by atoms with Crippen LogP contribution in [0.2, 0.25) is 0 Å². The van der Waals surface area contributed by atoms with Crippen molar-refractivity contribution in [2.24, 2.45) is 15.8 Å². The van der Waals surface area contributed by atoms with Gasteiger partial charge >= 0.3 is 0 Å². The highest BCUT2D eigenvalue weighted by Gasteiger charge is 2.65. The van der Waals surface area contributed by atoms with Crippen LogP contribution in [0.25, 0.3) is 0 Å². The number of aliphatic imine (C=N–C) groups is 1. The molecule has 0 unspecified atom stereocenters. The molecule has 2 saturated carbocycles. The topological polar surface area (TPSA) is 24.4 Å². The number of nitrogens with one attached hydrogen (secondary N) is 1. The number of hydrogen-bond acceptors (Lipinski definition) is 3. The maximum atomic E-state index is 4.69. The summed E-state index contributed by atoms with van der Waals surface area (Å²) in [4.78, 5) is 4.69. The van der Waals surface area contributed by atoms with E-state index in [2.05, 4.69) is 33.0 Å². The first-order valence-corrected chi connectivity index (χ1v) is 7.19. The lowest BCUT2D eigenvalue weighted by Gasteiger charge is -2.35. The van der Waals surface area contributed by atoms with Crippen molar-refractivity contribution < 1.29 is 0 Å². The fourth-order valence-electron chi connectivity index (χ4n) is 3.07. The minimum absolute atomic E-state index is 0.408. The van der Waals surface area contributed by atoms with Gasteiger partial charge in [0.05, 0.1) is 6.54 Å². The smallest absolute Gasteiger partial charge is 0.157 e. The largest absolute Gasteiger partial charge is 0.361 e. The van der Waals surface area contributed by atoms with Crippen molar-refractivity contribution in [1.29, 1.82) is 0 Å². The first kappa shape index (κ1) is 10.9. The lowest BCUT2D eigenvalue weighted by Crippen LogP contribution is -2.35. The van der Waals surface area contributed by atoms with Crippen LogP contribution in [0.4, 0.5) is 0 Å². The molecule has 1 spiro atoms. The van der Waals surface area contributed by atoms with Crippen LogP contribution in [0.3, 0.4) is 0 Å². The molecule has 0 aromatic heterocycles. The maximum absolute atomic E-state index is 4.69. The molecule has 3 aliphatic rings. The average molecular weight is 238 g/mol. The molecule has 0 bridgehead atoms. The van der Waals surface area contributed by atoms with Gasteiger partial charge in [-0.25, -0.2) is 0 Å². The van der Waals surface area contributed by atoms with Gasteiger partial charge in [0.15, 0.2) is 5.17 Å². The first-order valence-electron chi connectivity index (χ1n) is 6.37. The molecule has 2 aliphatic carbocycles. The van der Waals surface area contributed by atoms with Crippen molar-refractivity contribution in [2.75, 3.05) is 6.54 Å². The Balaban J connectivity index is 1.62. The molecular formula is C13H22N2S. The predicted molar refractivity (Wildman–Crippen MR) is 71.0 cm³/mol. The molecule has 16 heavy (non-hydrogen) atoms. The Labute approximate surface area is 103 Å². The third-order valence-corrected chi connectivity index (χ3v) is 6.79. The standard InChI is InChI=1S/C13H22N2S/c1-11(2)9(12(11,3)4)15-10-14-8-13(16-10)6-5-7-13/h9H,5-8H2,1-4H3,(H,14,15). The van der Waals surface area contributed by atoms with Crippen molar-refractivity contribution in [1.82, 2.24) is 5.32 Å².